The molecule has 0 spiro atoms. The summed E-state index contributed by atoms with van der Waals surface area (Å²) in [5.41, 5.74) is 30.9. The van der Waals surface area contributed by atoms with E-state index in [0.717, 1.165) is 49.8 Å². The van der Waals surface area contributed by atoms with E-state index in [1.165, 1.54) is 104 Å². The predicted molar refractivity (Wildman–Crippen MR) is 309 cm³/mol. The van der Waals surface area contributed by atoms with Gasteiger partial charge in [-0.1, -0.05) is 133 Å². The number of hydrogen-bond donors (Lipinski definition) is 0. The van der Waals surface area contributed by atoms with Gasteiger partial charge in [-0.05, 0) is 63.5 Å². The summed E-state index contributed by atoms with van der Waals surface area (Å²) >= 11 is 0. The minimum Gasteiger partial charge on any atom is -0.455 e. The molecule has 0 saturated heterocycles. The SMILES string of the molecule is Bc1c(B)c(B)c(-c2c(B)c(B)c(-c3c(B)c(B)c(N(c4ccccc4)c4ccccc4-c4cccc5oc6c7ccccc7ccc6c45)c(B)c3B)c(B)c2B)c(B)c1B. The lowest BCUT2D eigenvalue weighted by atomic mass is 9.55. The number of para-hydroxylation sites is 2. The summed E-state index contributed by atoms with van der Waals surface area (Å²) in [5, 5.41) is 4.59. The topological polar surface area (TPSA) is 16.4 Å². The Morgan fingerprint density at radius 3 is 1.39 bits per heavy atom. The van der Waals surface area contributed by atoms with Crippen LogP contribution < -0.4 is 75.9 Å². The molecular formula is C46H44B13NO. The molecule has 1 aromatic heterocycles. The van der Waals surface area contributed by atoms with Crippen LogP contribution in [-0.4, -0.2) is 102 Å². The van der Waals surface area contributed by atoms with E-state index in [1.807, 2.05) is 0 Å². The number of nitrogens with zero attached hydrogens (tertiary/aromatic N) is 1. The van der Waals surface area contributed by atoms with Gasteiger partial charge in [-0.25, -0.2) is 0 Å². The second-order valence-electron chi connectivity index (χ2n) is 17.6. The zero-order chi connectivity index (χ0) is 43.2. The van der Waals surface area contributed by atoms with Gasteiger partial charge in [0.05, 0.1) is 5.69 Å². The Labute approximate surface area is 372 Å². The monoisotopic (exact) mass is 769 g/mol. The quantitative estimate of drug-likeness (QED) is 0.157. The molecule has 9 aromatic rings. The number of fused-ring (bicyclic) bond motifs is 5. The molecule has 0 unspecified atom stereocenters. The van der Waals surface area contributed by atoms with Gasteiger partial charge in [-0.2, -0.15) is 0 Å². The predicted octanol–water partition coefficient (Wildman–Crippen LogP) is -9.43. The molecule has 0 aliphatic rings. The van der Waals surface area contributed by atoms with Crippen molar-refractivity contribution in [2.45, 2.75) is 0 Å². The maximum atomic E-state index is 6.70. The largest absolute Gasteiger partial charge is 0.455 e. The summed E-state index contributed by atoms with van der Waals surface area (Å²) in [6.07, 6.45) is 0. The first-order valence-electron chi connectivity index (χ1n) is 21.8. The van der Waals surface area contributed by atoms with E-state index in [-0.39, 0.29) is 0 Å². The van der Waals surface area contributed by atoms with Gasteiger partial charge in [0.2, 0.25) is 0 Å². The van der Waals surface area contributed by atoms with Gasteiger partial charge < -0.3 is 9.32 Å². The van der Waals surface area contributed by atoms with E-state index in [0.29, 0.717) is 0 Å². The van der Waals surface area contributed by atoms with Crippen molar-refractivity contribution in [2.75, 3.05) is 4.90 Å². The molecule has 61 heavy (non-hydrogen) atoms. The Balaban J connectivity index is 1.28. The van der Waals surface area contributed by atoms with Crippen molar-refractivity contribution in [1.29, 1.82) is 0 Å². The van der Waals surface area contributed by atoms with Crippen molar-refractivity contribution in [1.82, 2.24) is 0 Å². The van der Waals surface area contributed by atoms with Crippen molar-refractivity contribution in [2.24, 2.45) is 0 Å². The Morgan fingerprint density at radius 2 is 0.803 bits per heavy atom. The Bertz CT molecular complexity index is 3220. The van der Waals surface area contributed by atoms with Crippen LogP contribution in [-0.2, 0) is 0 Å². The first kappa shape index (κ1) is 40.8. The normalized spacial score (nSPS) is 11.5. The Hall–Kier alpha value is -5.54. The van der Waals surface area contributed by atoms with Crippen LogP contribution in [0.1, 0.15) is 0 Å². The van der Waals surface area contributed by atoms with E-state index in [4.69, 9.17) is 4.42 Å². The fourth-order valence-electron chi connectivity index (χ4n) is 10.6. The van der Waals surface area contributed by atoms with Gasteiger partial charge in [-0.3, -0.25) is 0 Å². The van der Waals surface area contributed by atoms with E-state index in [9.17, 15) is 0 Å². The minimum absolute atomic E-state index is 0.897. The molecule has 9 rings (SSSR count). The molecule has 0 saturated carbocycles. The van der Waals surface area contributed by atoms with Crippen molar-refractivity contribution < 1.29 is 4.42 Å². The summed E-state index contributed by atoms with van der Waals surface area (Å²) in [4.78, 5) is 2.51. The minimum atomic E-state index is 0.897. The van der Waals surface area contributed by atoms with Crippen LogP contribution in [0.25, 0.3) is 66.1 Å². The maximum absolute atomic E-state index is 6.70. The molecule has 0 radical (unpaired) electrons. The molecule has 0 aliphatic heterocycles. The number of rotatable bonds is 6. The average Bonchev–Trinajstić information content (AvgIpc) is 3.67. The summed E-state index contributed by atoms with van der Waals surface area (Å²) in [5.74, 6) is 0. The van der Waals surface area contributed by atoms with Crippen LogP contribution in [0.4, 0.5) is 17.1 Å². The molecule has 278 valence electrons. The molecule has 2 nitrogen and oxygen atoms in total. The molecule has 0 N–H and O–H groups in total. The Kier molecular flexibility index (Phi) is 10.3. The van der Waals surface area contributed by atoms with Gasteiger partial charge in [-0.15, -0.1) is 16.4 Å². The molecule has 8 aromatic carbocycles. The summed E-state index contributed by atoms with van der Waals surface area (Å²) in [6.45, 7) is 0. The summed E-state index contributed by atoms with van der Waals surface area (Å²) in [6, 6.07) is 39.3. The number of anilines is 3. The number of hydrogen-bond acceptors (Lipinski definition) is 2. The number of furan rings is 1. The molecule has 0 aliphatic carbocycles. The molecule has 0 bridgehead atoms. The molecule has 1 heterocycles. The van der Waals surface area contributed by atoms with Gasteiger partial charge in [0.1, 0.15) is 113 Å². The van der Waals surface area contributed by atoms with E-state index < -0.39 is 0 Å². The number of benzene rings is 8. The van der Waals surface area contributed by atoms with Crippen LogP contribution in [0.15, 0.2) is 114 Å². The highest BCUT2D eigenvalue weighted by atomic mass is 16.3. The zero-order valence-electron chi connectivity index (χ0n) is 38.2. The van der Waals surface area contributed by atoms with Gasteiger partial charge in [0.15, 0.2) is 0 Å². The van der Waals surface area contributed by atoms with E-state index >= 15 is 0 Å². The van der Waals surface area contributed by atoms with Crippen LogP contribution in [0, 0.1) is 0 Å². The standard InChI is InChI=1S/C46H44B13NO/c47-32-28(30-36(51)40(55)42(57)41(56)37(30)52)33(48)35(50)29(34(32)49)31-38(53)43(58)45(44(59)39(31)54)60(20-10-2-1-3-11-20)25-15-7-6-13-22(25)23-14-8-16-26-27(23)24-18-17-19-9-4-5-12-21(19)46(24)61-26/h1-18H,47-59H2. The third kappa shape index (κ3) is 6.20. The van der Waals surface area contributed by atoms with Crippen molar-refractivity contribution >= 4 is 223 Å². The second-order valence-corrected chi connectivity index (χ2v) is 17.6. The second kappa shape index (κ2) is 15.4. The lowest BCUT2D eigenvalue weighted by Crippen LogP contribution is -2.57. The third-order valence-corrected chi connectivity index (χ3v) is 14.8. The van der Waals surface area contributed by atoms with Gasteiger partial charge in [0.25, 0.3) is 0 Å². The van der Waals surface area contributed by atoms with Gasteiger partial charge in [0, 0.05) is 33.1 Å². The molecule has 0 atom stereocenters. The Morgan fingerprint density at radius 1 is 0.344 bits per heavy atom. The van der Waals surface area contributed by atoms with Crippen molar-refractivity contribution in [3.8, 4) is 33.4 Å². The lowest BCUT2D eigenvalue weighted by molar-refractivity contribution is 0.673. The highest BCUT2D eigenvalue weighted by Gasteiger charge is 2.28. The lowest BCUT2D eigenvalue weighted by Gasteiger charge is -2.35. The zero-order valence-corrected chi connectivity index (χ0v) is 38.2. The van der Waals surface area contributed by atoms with Crippen molar-refractivity contribution in [3.05, 3.63) is 109 Å². The molecule has 0 amide bonds. The van der Waals surface area contributed by atoms with Crippen LogP contribution in [0.2, 0.25) is 0 Å². The molecular weight excluding hydrogens is 723 g/mol. The van der Waals surface area contributed by atoms with Gasteiger partial charge >= 0.3 is 0 Å². The molecule has 15 heteroatoms. The maximum Gasteiger partial charge on any atom is 0.143 e. The molecule has 0 fully saturated rings. The first-order valence-corrected chi connectivity index (χ1v) is 21.8. The highest BCUT2D eigenvalue weighted by Crippen LogP contribution is 2.44. The van der Waals surface area contributed by atoms with E-state index in [1.54, 1.807) is 0 Å². The van der Waals surface area contributed by atoms with E-state index in [2.05, 4.69) is 216 Å². The van der Waals surface area contributed by atoms with Crippen LogP contribution in [0.3, 0.4) is 0 Å². The van der Waals surface area contributed by atoms with Crippen LogP contribution >= 0.6 is 0 Å². The average molecular weight is 767 g/mol. The summed E-state index contributed by atoms with van der Waals surface area (Å²) in [7, 11) is 30.2. The fraction of sp³-hybridized carbons (Fsp3) is 0. The summed E-state index contributed by atoms with van der Waals surface area (Å²) < 4.78 is 6.70. The fourth-order valence-corrected chi connectivity index (χ4v) is 10.6. The smallest absolute Gasteiger partial charge is 0.143 e. The highest BCUT2D eigenvalue weighted by molar-refractivity contribution is 6.72. The van der Waals surface area contributed by atoms with Crippen LogP contribution in [0.5, 0.6) is 0 Å². The third-order valence-electron chi connectivity index (χ3n) is 14.8. The van der Waals surface area contributed by atoms with Crippen molar-refractivity contribution in [3.63, 3.8) is 0 Å². The first-order chi connectivity index (χ1) is 29.2.